The van der Waals surface area contributed by atoms with Crippen LogP contribution in [0, 0.1) is 0 Å². The third-order valence-electron chi connectivity index (χ3n) is 3.31. The molecule has 0 N–H and O–H groups in total. The zero-order valence-corrected chi connectivity index (χ0v) is 12.2. The average Bonchev–Trinajstić information content (AvgIpc) is 2.49. The van der Waals surface area contributed by atoms with E-state index in [-0.39, 0.29) is 6.09 Å². The standard InChI is InChI=1S/C15H22N2O3/c1-3-19-14-8-6-5-7-13(14)16-9-11-17(12-10-16)15(18)20-4-2/h5-8H,3-4,9-12H2,1-2H3. The van der Waals surface area contributed by atoms with Gasteiger partial charge in [-0.05, 0) is 26.0 Å². The van der Waals surface area contributed by atoms with Crippen molar-refractivity contribution in [3.05, 3.63) is 24.3 Å². The first-order valence-electron chi connectivity index (χ1n) is 7.14. The predicted molar refractivity (Wildman–Crippen MR) is 78.4 cm³/mol. The molecule has 5 heteroatoms. The maximum Gasteiger partial charge on any atom is 0.409 e. The quantitative estimate of drug-likeness (QED) is 0.848. The molecule has 1 heterocycles. The molecule has 110 valence electrons. The summed E-state index contributed by atoms with van der Waals surface area (Å²) >= 11 is 0. The summed E-state index contributed by atoms with van der Waals surface area (Å²) in [7, 11) is 0. The van der Waals surface area contributed by atoms with Crippen molar-refractivity contribution in [2.75, 3.05) is 44.3 Å². The molecule has 1 aliphatic rings. The summed E-state index contributed by atoms with van der Waals surface area (Å²) in [6.45, 7) is 7.83. The normalized spacial score (nSPS) is 15.1. The van der Waals surface area contributed by atoms with Crippen LogP contribution in [0.5, 0.6) is 5.75 Å². The van der Waals surface area contributed by atoms with Crippen molar-refractivity contribution in [2.45, 2.75) is 13.8 Å². The van der Waals surface area contributed by atoms with Crippen LogP contribution in [0.4, 0.5) is 10.5 Å². The van der Waals surface area contributed by atoms with E-state index in [4.69, 9.17) is 9.47 Å². The average molecular weight is 278 g/mol. The molecule has 0 atom stereocenters. The molecule has 1 aromatic carbocycles. The van der Waals surface area contributed by atoms with Gasteiger partial charge in [-0.3, -0.25) is 0 Å². The van der Waals surface area contributed by atoms with Crippen LogP contribution in [-0.4, -0.2) is 50.4 Å². The summed E-state index contributed by atoms with van der Waals surface area (Å²) in [5.41, 5.74) is 1.10. The molecule has 0 spiro atoms. The number of para-hydroxylation sites is 2. The molecule has 0 saturated carbocycles. The van der Waals surface area contributed by atoms with E-state index in [1.807, 2.05) is 32.0 Å². The second-order valence-corrected chi connectivity index (χ2v) is 4.57. The smallest absolute Gasteiger partial charge is 0.409 e. The summed E-state index contributed by atoms with van der Waals surface area (Å²) in [5.74, 6) is 0.902. The summed E-state index contributed by atoms with van der Waals surface area (Å²) in [4.78, 5) is 15.7. The minimum Gasteiger partial charge on any atom is -0.492 e. The number of nitrogens with zero attached hydrogens (tertiary/aromatic N) is 2. The maximum atomic E-state index is 11.7. The number of ether oxygens (including phenoxy) is 2. The van der Waals surface area contributed by atoms with Gasteiger partial charge in [-0.2, -0.15) is 0 Å². The van der Waals surface area contributed by atoms with E-state index in [0.717, 1.165) is 24.5 Å². The molecule has 1 amide bonds. The van der Waals surface area contributed by atoms with Crippen molar-refractivity contribution in [2.24, 2.45) is 0 Å². The summed E-state index contributed by atoms with van der Waals surface area (Å²) in [6, 6.07) is 8.03. The molecule has 0 radical (unpaired) electrons. The third-order valence-corrected chi connectivity index (χ3v) is 3.31. The fraction of sp³-hybridized carbons (Fsp3) is 0.533. The number of anilines is 1. The van der Waals surface area contributed by atoms with Crippen LogP contribution < -0.4 is 9.64 Å². The number of amides is 1. The second-order valence-electron chi connectivity index (χ2n) is 4.57. The number of benzene rings is 1. The van der Waals surface area contributed by atoms with Crippen LogP contribution in [0.15, 0.2) is 24.3 Å². The highest BCUT2D eigenvalue weighted by Gasteiger charge is 2.23. The van der Waals surface area contributed by atoms with Gasteiger partial charge in [-0.1, -0.05) is 12.1 Å². The largest absolute Gasteiger partial charge is 0.492 e. The molecule has 0 unspecified atom stereocenters. The Kier molecular flexibility index (Phi) is 5.09. The summed E-state index contributed by atoms with van der Waals surface area (Å²) in [5, 5.41) is 0. The Bertz CT molecular complexity index is 442. The molecule has 5 nitrogen and oxygen atoms in total. The first kappa shape index (κ1) is 14.5. The molecular formula is C15H22N2O3. The molecule has 0 aromatic heterocycles. The number of piperazine rings is 1. The van der Waals surface area contributed by atoms with Gasteiger partial charge in [0.1, 0.15) is 5.75 Å². The van der Waals surface area contributed by atoms with Crippen molar-refractivity contribution in [3.8, 4) is 5.75 Å². The van der Waals surface area contributed by atoms with Gasteiger partial charge < -0.3 is 19.3 Å². The van der Waals surface area contributed by atoms with E-state index in [1.54, 1.807) is 4.90 Å². The van der Waals surface area contributed by atoms with Gasteiger partial charge >= 0.3 is 6.09 Å². The van der Waals surface area contributed by atoms with E-state index in [9.17, 15) is 4.79 Å². The number of carbonyl (C=O) groups excluding carboxylic acids is 1. The maximum absolute atomic E-state index is 11.7. The summed E-state index contributed by atoms with van der Waals surface area (Å²) < 4.78 is 10.7. The first-order chi connectivity index (χ1) is 9.76. The van der Waals surface area contributed by atoms with E-state index < -0.39 is 0 Å². The van der Waals surface area contributed by atoms with Crippen LogP contribution in [-0.2, 0) is 4.74 Å². The second kappa shape index (κ2) is 7.03. The van der Waals surface area contributed by atoms with Crippen LogP contribution in [0.1, 0.15) is 13.8 Å². The number of hydrogen-bond donors (Lipinski definition) is 0. The Morgan fingerprint density at radius 2 is 1.80 bits per heavy atom. The van der Waals surface area contributed by atoms with Crippen molar-refractivity contribution in [1.29, 1.82) is 0 Å². The van der Waals surface area contributed by atoms with Gasteiger partial charge in [0.25, 0.3) is 0 Å². The molecule has 0 bridgehead atoms. The lowest BCUT2D eigenvalue weighted by atomic mass is 10.2. The molecule has 20 heavy (non-hydrogen) atoms. The Morgan fingerprint density at radius 3 is 2.45 bits per heavy atom. The van der Waals surface area contributed by atoms with Crippen molar-refractivity contribution < 1.29 is 14.3 Å². The Hall–Kier alpha value is -1.91. The molecule has 1 aliphatic heterocycles. The molecule has 2 rings (SSSR count). The van der Waals surface area contributed by atoms with Crippen molar-refractivity contribution in [3.63, 3.8) is 0 Å². The highest BCUT2D eigenvalue weighted by Crippen LogP contribution is 2.28. The monoisotopic (exact) mass is 278 g/mol. The minimum absolute atomic E-state index is 0.217. The molecular weight excluding hydrogens is 256 g/mol. The minimum atomic E-state index is -0.217. The van der Waals surface area contributed by atoms with Gasteiger partial charge in [-0.25, -0.2) is 4.79 Å². The van der Waals surface area contributed by atoms with Crippen molar-refractivity contribution in [1.82, 2.24) is 4.90 Å². The fourth-order valence-corrected chi connectivity index (χ4v) is 2.34. The SMILES string of the molecule is CCOC(=O)N1CCN(c2ccccc2OCC)CC1. The van der Waals surface area contributed by atoms with Crippen LogP contribution in [0.2, 0.25) is 0 Å². The van der Waals surface area contributed by atoms with Crippen LogP contribution in [0.25, 0.3) is 0 Å². The van der Waals surface area contributed by atoms with Crippen LogP contribution in [0.3, 0.4) is 0 Å². The lowest BCUT2D eigenvalue weighted by Gasteiger charge is -2.36. The fourth-order valence-electron chi connectivity index (χ4n) is 2.34. The highest BCUT2D eigenvalue weighted by molar-refractivity contribution is 5.68. The number of hydrogen-bond acceptors (Lipinski definition) is 4. The predicted octanol–water partition coefficient (Wildman–Crippen LogP) is 2.36. The molecule has 1 fully saturated rings. The highest BCUT2D eigenvalue weighted by atomic mass is 16.6. The molecule has 1 aromatic rings. The lowest BCUT2D eigenvalue weighted by Crippen LogP contribution is -2.49. The molecule has 1 saturated heterocycles. The zero-order chi connectivity index (χ0) is 14.4. The lowest BCUT2D eigenvalue weighted by molar-refractivity contribution is 0.105. The van der Waals surface area contributed by atoms with Crippen LogP contribution >= 0.6 is 0 Å². The molecule has 0 aliphatic carbocycles. The van der Waals surface area contributed by atoms with Gasteiger partial charge in [-0.15, -0.1) is 0 Å². The third kappa shape index (κ3) is 3.35. The Balaban J connectivity index is 1.98. The van der Waals surface area contributed by atoms with Gasteiger partial charge in [0, 0.05) is 26.2 Å². The zero-order valence-electron chi connectivity index (χ0n) is 12.2. The Morgan fingerprint density at radius 1 is 1.10 bits per heavy atom. The van der Waals surface area contributed by atoms with Gasteiger partial charge in [0.15, 0.2) is 0 Å². The van der Waals surface area contributed by atoms with E-state index in [0.29, 0.717) is 26.3 Å². The van der Waals surface area contributed by atoms with E-state index in [2.05, 4.69) is 11.0 Å². The summed E-state index contributed by atoms with van der Waals surface area (Å²) in [6.07, 6.45) is -0.217. The number of carbonyl (C=O) groups is 1. The number of rotatable bonds is 4. The van der Waals surface area contributed by atoms with Crippen molar-refractivity contribution >= 4 is 11.8 Å². The topological polar surface area (TPSA) is 42.0 Å². The first-order valence-corrected chi connectivity index (χ1v) is 7.14. The van der Waals surface area contributed by atoms with E-state index in [1.165, 1.54) is 0 Å². The van der Waals surface area contributed by atoms with Gasteiger partial charge in [0.2, 0.25) is 0 Å². The Labute approximate surface area is 120 Å². The van der Waals surface area contributed by atoms with Gasteiger partial charge in [0.05, 0.1) is 18.9 Å². The van der Waals surface area contributed by atoms with E-state index >= 15 is 0 Å².